The number of carbonyl (C=O) groups is 1. The number of likely N-dealkylation sites (N-methyl/N-ethyl adjacent to an activating group) is 1. The standard InChI is InChI=1S/C18H23N5OS/c1-22(12-17-20-5-2-6-21-17)14-4-8-23(11-14)18(24)16-9-13-10-19-7-3-15(13)25-16/h2,5-6,9,14,19H,3-4,7-8,10-12H2,1H3. The van der Waals surface area contributed by atoms with E-state index in [1.807, 2.05) is 11.0 Å². The Morgan fingerprint density at radius 2 is 2.28 bits per heavy atom. The summed E-state index contributed by atoms with van der Waals surface area (Å²) >= 11 is 1.68. The van der Waals surface area contributed by atoms with Crippen LogP contribution in [0, 0.1) is 0 Å². The van der Waals surface area contributed by atoms with Crippen LogP contribution in [0.25, 0.3) is 0 Å². The molecule has 1 fully saturated rings. The van der Waals surface area contributed by atoms with Crippen molar-refractivity contribution >= 4 is 17.2 Å². The average molecular weight is 357 g/mol. The number of aromatic nitrogens is 2. The highest BCUT2D eigenvalue weighted by molar-refractivity contribution is 7.14. The van der Waals surface area contributed by atoms with Gasteiger partial charge in [-0.15, -0.1) is 11.3 Å². The zero-order valence-electron chi connectivity index (χ0n) is 14.4. The summed E-state index contributed by atoms with van der Waals surface area (Å²) in [5.74, 6) is 1.01. The van der Waals surface area contributed by atoms with Gasteiger partial charge in [0.25, 0.3) is 5.91 Å². The van der Waals surface area contributed by atoms with Gasteiger partial charge in [-0.3, -0.25) is 9.69 Å². The molecule has 1 atom stereocenters. The second-order valence-electron chi connectivity index (χ2n) is 6.76. The third-order valence-electron chi connectivity index (χ3n) is 5.04. The summed E-state index contributed by atoms with van der Waals surface area (Å²) in [5, 5.41) is 3.37. The van der Waals surface area contributed by atoms with Gasteiger partial charge in [0.15, 0.2) is 0 Å². The summed E-state index contributed by atoms with van der Waals surface area (Å²) < 4.78 is 0. The quantitative estimate of drug-likeness (QED) is 0.899. The van der Waals surface area contributed by atoms with E-state index in [0.717, 1.165) is 49.7 Å². The molecule has 1 N–H and O–H groups in total. The van der Waals surface area contributed by atoms with Gasteiger partial charge in [-0.05, 0) is 37.6 Å². The van der Waals surface area contributed by atoms with Crippen LogP contribution < -0.4 is 5.32 Å². The van der Waals surface area contributed by atoms with E-state index >= 15 is 0 Å². The molecular weight excluding hydrogens is 334 g/mol. The minimum absolute atomic E-state index is 0.186. The minimum atomic E-state index is 0.186. The van der Waals surface area contributed by atoms with Gasteiger partial charge in [0.05, 0.1) is 11.4 Å². The molecule has 4 rings (SSSR count). The third kappa shape index (κ3) is 3.58. The van der Waals surface area contributed by atoms with Crippen molar-refractivity contribution in [2.75, 3.05) is 26.7 Å². The van der Waals surface area contributed by atoms with Gasteiger partial charge in [0, 0.05) is 49.5 Å². The Hall–Kier alpha value is -1.83. The van der Waals surface area contributed by atoms with Gasteiger partial charge in [-0.1, -0.05) is 0 Å². The lowest BCUT2D eigenvalue weighted by atomic mass is 10.1. The highest BCUT2D eigenvalue weighted by Crippen LogP contribution is 2.28. The first-order chi connectivity index (χ1) is 12.2. The third-order valence-corrected chi connectivity index (χ3v) is 6.26. The number of thiophene rings is 1. The molecule has 25 heavy (non-hydrogen) atoms. The van der Waals surface area contributed by atoms with E-state index in [1.54, 1.807) is 23.7 Å². The van der Waals surface area contributed by atoms with Crippen LogP contribution >= 0.6 is 11.3 Å². The number of likely N-dealkylation sites (tertiary alicyclic amines) is 1. The Balaban J connectivity index is 1.38. The molecule has 1 unspecified atom stereocenters. The molecule has 0 saturated carbocycles. The molecule has 6 nitrogen and oxygen atoms in total. The first kappa shape index (κ1) is 16.6. The summed E-state index contributed by atoms with van der Waals surface area (Å²) in [5.41, 5.74) is 1.30. The first-order valence-electron chi connectivity index (χ1n) is 8.78. The normalized spacial score (nSPS) is 20.1. The van der Waals surface area contributed by atoms with Crippen LogP contribution in [0.5, 0.6) is 0 Å². The van der Waals surface area contributed by atoms with E-state index in [0.29, 0.717) is 12.6 Å². The molecule has 0 aromatic carbocycles. The molecule has 132 valence electrons. The summed E-state index contributed by atoms with van der Waals surface area (Å²) in [4.78, 5) is 28.0. The molecule has 2 aliphatic heterocycles. The molecule has 2 aromatic rings. The van der Waals surface area contributed by atoms with Crippen LogP contribution in [0.2, 0.25) is 0 Å². The molecule has 4 heterocycles. The monoisotopic (exact) mass is 357 g/mol. The maximum absolute atomic E-state index is 12.9. The van der Waals surface area contributed by atoms with Crippen molar-refractivity contribution < 1.29 is 4.79 Å². The van der Waals surface area contributed by atoms with Crippen molar-refractivity contribution in [1.82, 2.24) is 25.1 Å². The summed E-state index contributed by atoms with van der Waals surface area (Å²) in [6.07, 6.45) is 5.58. The van der Waals surface area contributed by atoms with Gasteiger partial charge in [-0.2, -0.15) is 0 Å². The van der Waals surface area contributed by atoms with E-state index < -0.39 is 0 Å². The Kier molecular flexibility index (Phi) is 4.78. The molecule has 1 saturated heterocycles. The van der Waals surface area contributed by atoms with Crippen LogP contribution in [0.1, 0.15) is 32.4 Å². The largest absolute Gasteiger partial charge is 0.336 e. The highest BCUT2D eigenvalue weighted by Gasteiger charge is 2.31. The first-order valence-corrected chi connectivity index (χ1v) is 9.60. The average Bonchev–Trinajstić information content (AvgIpc) is 3.29. The van der Waals surface area contributed by atoms with Gasteiger partial charge < -0.3 is 10.2 Å². The maximum Gasteiger partial charge on any atom is 0.263 e. The Morgan fingerprint density at radius 3 is 3.08 bits per heavy atom. The lowest BCUT2D eigenvalue weighted by Crippen LogP contribution is -2.36. The van der Waals surface area contributed by atoms with Gasteiger partial charge in [-0.25, -0.2) is 9.97 Å². The van der Waals surface area contributed by atoms with E-state index in [-0.39, 0.29) is 5.91 Å². The van der Waals surface area contributed by atoms with E-state index in [9.17, 15) is 4.79 Å². The predicted molar refractivity (Wildman–Crippen MR) is 97.5 cm³/mol. The van der Waals surface area contributed by atoms with Crippen LogP contribution in [-0.4, -0.2) is 58.4 Å². The van der Waals surface area contributed by atoms with Crippen LogP contribution in [0.15, 0.2) is 24.5 Å². The van der Waals surface area contributed by atoms with Gasteiger partial charge in [0.1, 0.15) is 5.82 Å². The molecule has 7 heteroatoms. The van der Waals surface area contributed by atoms with Crippen molar-refractivity contribution in [2.24, 2.45) is 0 Å². The van der Waals surface area contributed by atoms with E-state index in [1.165, 1.54) is 10.4 Å². The summed E-state index contributed by atoms with van der Waals surface area (Å²) in [6.45, 7) is 4.22. The fourth-order valence-electron chi connectivity index (χ4n) is 3.56. The molecule has 2 aliphatic rings. The summed E-state index contributed by atoms with van der Waals surface area (Å²) in [7, 11) is 2.09. The number of nitrogens with one attached hydrogen (secondary N) is 1. The molecule has 2 aromatic heterocycles. The SMILES string of the molecule is CN(Cc1ncccn1)C1CCN(C(=O)c2cc3c(s2)CCNC3)C1. The van der Waals surface area contributed by atoms with Gasteiger partial charge >= 0.3 is 0 Å². The number of nitrogens with zero attached hydrogens (tertiary/aromatic N) is 4. The molecular formula is C18H23N5OS. The van der Waals surface area contributed by atoms with Crippen molar-refractivity contribution in [3.05, 3.63) is 45.7 Å². The predicted octanol–water partition coefficient (Wildman–Crippen LogP) is 1.53. The second-order valence-corrected chi connectivity index (χ2v) is 7.90. The minimum Gasteiger partial charge on any atom is -0.336 e. The number of carbonyl (C=O) groups excluding carboxylic acids is 1. The van der Waals surface area contributed by atoms with Gasteiger partial charge in [0.2, 0.25) is 0 Å². The number of amides is 1. The molecule has 0 bridgehead atoms. The lowest BCUT2D eigenvalue weighted by molar-refractivity contribution is 0.0784. The zero-order valence-corrected chi connectivity index (χ0v) is 15.3. The Morgan fingerprint density at radius 1 is 1.44 bits per heavy atom. The number of fused-ring (bicyclic) bond motifs is 1. The van der Waals surface area contributed by atoms with E-state index in [4.69, 9.17) is 0 Å². The molecule has 0 spiro atoms. The topological polar surface area (TPSA) is 61.4 Å². The zero-order chi connectivity index (χ0) is 17.2. The second kappa shape index (κ2) is 7.19. The lowest BCUT2D eigenvalue weighted by Gasteiger charge is -2.23. The smallest absolute Gasteiger partial charge is 0.263 e. The summed E-state index contributed by atoms with van der Waals surface area (Å²) in [6, 6.07) is 4.28. The maximum atomic E-state index is 12.9. The molecule has 0 aliphatic carbocycles. The number of hydrogen-bond acceptors (Lipinski definition) is 6. The fourth-order valence-corrected chi connectivity index (χ4v) is 4.71. The van der Waals surface area contributed by atoms with Crippen LogP contribution in [0.3, 0.4) is 0 Å². The molecule has 0 radical (unpaired) electrons. The highest BCUT2D eigenvalue weighted by atomic mass is 32.1. The van der Waals surface area contributed by atoms with Crippen molar-refractivity contribution in [2.45, 2.75) is 32.0 Å². The van der Waals surface area contributed by atoms with Crippen molar-refractivity contribution in [1.29, 1.82) is 0 Å². The number of rotatable bonds is 4. The van der Waals surface area contributed by atoms with Crippen molar-refractivity contribution in [3.8, 4) is 0 Å². The fraction of sp³-hybridized carbons (Fsp3) is 0.500. The molecule has 1 amide bonds. The van der Waals surface area contributed by atoms with E-state index in [2.05, 4.69) is 33.3 Å². The Bertz CT molecular complexity index is 724. The van der Waals surface area contributed by atoms with Crippen LogP contribution in [-0.2, 0) is 19.5 Å². The van der Waals surface area contributed by atoms with Crippen molar-refractivity contribution in [3.63, 3.8) is 0 Å². The number of hydrogen-bond donors (Lipinski definition) is 1. The van der Waals surface area contributed by atoms with Crippen LogP contribution in [0.4, 0.5) is 0 Å². The Labute approximate surface area is 151 Å².